The molecule has 5 nitrogen and oxygen atoms in total. The molecule has 1 rings (SSSR count). The predicted molar refractivity (Wildman–Crippen MR) is 66.8 cm³/mol. The number of aromatic nitrogens is 1. The van der Waals surface area contributed by atoms with E-state index in [0.717, 1.165) is 11.4 Å². The van der Waals surface area contributed by atoms with Crippen molar-refractivity contribution in [3.8, 4) is 0 Å². The summed E-state index contributed by atoms with van der Waals surface area (Å²) in [5.41, 5.74) is 0.768. The van der Waals surface area contributed by atoms with E-state index in [1.54, 1.807) is 20.2 Å². The molecule has 0 aromatic carbocycles. The third kappa shape index (κ3) is 3.71. The zero-order chi connectivity index (χ0) is 12.8. The highest BCUT2D eigenvalue weighted by Crippen LogP contribution is 2.15. The Morgan fingerprint density at radius 2 is 2.29 bits per heavy atom. The first kappa shape index (κ1) is 13.4. The lowest BCUT2D eigenvalue weighted by molar-refractivity contribution is -0.119. The second-order valence-electron chi connectivity index (χ2n) is 3.81. The number of pyridine rings is 1. The number of nitrogens with one attached hydrogen (secondary N) is 1. The van der Waals surface area contributed by atoms with Crippen LogP contribution < -0.4 is 10.2 Å². The van der Waals surface area contributed by atoms with E-state index in [9.17, 15) is 9.90 Å². The molecule has 0 aliphatic rings. The van der Waals surface area contributed by atoms with Crippen LogP contribution in [0.1, 0.15) is 25.5 Å². The Hall–Kier alpha value is -1.62. The molecule has 0 aliphatic heterocycles. The van der Waals surface area contributed by atoms with Gasteiger partial charge in [-0.1, -0.05) is 6.07 Å². The standard InChI is InChI=1S/C12H19N3O2/c1-4-15(8-12(17)13-3)11-6-5-10(7-14-11)9(2)16/h5-7,9,16H,4,8H2,1-3H3,(H,13,17)/t9-/m0/s1. The third-order valence-corrected chi connectivity index (χ3v) is 2.57. The predicted octanol–water partition coefficient (Wildman–Crippen LogP) is 0.707. The average molecular weight is 237 g/mol. The first-order chi connectivity index (χ1) is 8.08. The van der Waals surface area contributed by atoms with Crippen LogP contribution >= 0.6 is 0 Å². The zero-order valence-electron chi connectivity index (χ0n) is 10.5. The normalized spacial score (nSPS) is 12.0. The molecule has 0 unspecified atom stereocenters. The highest BCUT2D eigenvalue weighted by atomic mass is 16.3. The number of aliphatic hydroxyl groups is 1. The van der Waals surface area contributed by atoms with Gasteiger partial charge in [-0.2, -0.15) is 0 Å². The van der Waals surface area contributed by atoms with Gasteiger partial charge in [0.25, 0.3) is 0 Å². The molecule has 2 N–H and O–H groups in total. The van der Waals surface area contributed by atoms with Crippen molar-refractivity contribution in [2.24, 2.45) is 0 Å². The number of hydrogen-bond acceptors (Lipinski definition) is 4. The van der Waals surface area contributed by atoms with Crippen LogP contribution in [0.25, 0.3) is 0 Å². The molecule has 1 heterocycles. The van der Waals surface area contributed by atoms with E-state index in [0.29, 0.717) is 6.54 Å². The molecule has 94 valence electrons. The van der Waals surface area contributed by atoms with Gasteiger partial charge in [-0.25, -0.2) is 4.98 Å². The molecule has 0 fully saturated rings. The minimum atomic E-state index is -0.523. The Morgan fingerprint density at radius 3 is 2.71 bits per heavy atom. The van der Waals surface area contributed by atoms with Gasteiger partial charge in [-0.15, -0.1) is 0 Å². The van der Waals surface area contributed by atoms with Crippen LogP contribution in [0.15, 0.2) is 18.3 Å². The van der Waals surface area contributed by atoms with E-state index in [1.165, 1.54) is 0 Å². The van der Waals surface area contributed by atoms with Gasteiger partial charge >= 0.3 is 0 Å². The van der Waals surface area contributed by atoms with Crippen LogP contribution in [0.4, 0.5) is 5.82 Å². The zero-order valence-corrected chi connectivity index (χ0v) is 10.5. The highest BCUT2D eigenvalue weighted by Gasteiger charge is 2.10. The summed E-state index contributed by atoms with van der Waals surface area (Å²) in [5, 5.41) is 12.0. The highest BCUT2D eigenvalue weighted by molar-refractivity contribution is 5.80. The van der Waals surface area contributed by atoms with E-state index < -0.39 is 6.10 Å². The second kappa shape index (κ2) is 6.20. The minimum Gasteiger partial charge on any atom is -0.389 e. The number of aliphatic hydroxyl groups excluding tert-OH is 1. The fourth-order valence-electron chi connectivity index (χ4n) is 1.44. The number of anilines is 1. The molecule has 1 aromatic rings. The van der Waals surface area contributed by atoms with Crippen LogP contribution in [0.5, 0.6) is 0 Å². The molecule has 1 atom stereocenters. The van der Waals surface area contributed by atoms with Crippen molar-refractivity contribution in [2.75, 3.05) is 25.0 Å². The molecule has 0 radical (unpaired) electrons. The number of hydrogen-bond donors (Lipinski definition) is 2. The van der Waals surface area contributed by atoms with Gasteiger partial charge in [0, 0.05) is 19.8 Å². The number of amides is 1. The second-order valence-corrected chi connectivity index (χ2v) is 3.81. The Morgan fingerprint density at radius 1 is 1.59 bits per heavy atom. The molecule has 0 bridgehead atoms. The lowest BCUT2D eigenvalue weighted by Crippen LogP contribution is -2.35. The van der Waals surface area contributed by atoms with Gasteiger partial charge in [-0.05, 0) is 25.5 Å². The van der Waals surface area contributed by atoms with Crippen LogP contribution in [0.3, 0.4) is 0 Å². The average Bonchev–Trinajstić information content (AvgIpc) is 2.35. The molecule has 1 aromatic heterocycles. The maximum Gasteiger partial charge on any atom is 0.239 e. The Kier molecular flexibility index (Phi) is 4.90. The molecule has 0 spiro atoms. The lowest BCUT2D eigenvalue weighted by atomic mass is 10.2. The summed E-state index contributed by atoms with van der Waals surface area (Å²) >= 11 is 0. The fourth-order valence-corrected chi connectivity index (χ4v) is 1.44. The minimum absolute atomic E-state index is 0.0479. The molecule has 0 aliphatic carbocycles. The molecule has 0 saturated carbocycles. The van der Waals surface area contributed by atoms with Crippen LogP contribution in [-0.4, -0.2) is 36.1 Å². The Balaban J connectivity index is 2.78. The molecule has 17 heavy (non-hydrogen) atoms. The van der Waals surface area contributed by atoms with Crippen molar-refractivity contribution < 1.29 is 9.90 Å². The molecule has 5 heteroatoms. The summed E-state index contributed by atoms with van der Waals surface area (Å²) in [7, 11) is 1.61. The van der Waals surface area contributed by atoms with Gasteiger partial charge in [0.05, 0.1) is 12.6 Å². The van der Waals surface area contributed by atoms with Gasteiger partial charge in [0.15, 0.2) is 0 Å². The number of rotatable bonds is 5. The number of nitrogens with zero attached hydrogens (tertiary/aromatic N) is 2. The smallest absolute Gasteiger partial charge is 0.239 e. The largest absolute Gasteiger partial charge is 0.389 e. The summed E-state index contributed by atoms with van der Waals surface area (Å²) in [6.45, 7) is 4.65. The number of carbonyl (C=O) groups excluding carboxylic acids is 1. The van der Waals surface area contributed by atoms with Crippen molar-refractivity contribution in [1.82, 2.24) is 10.3 Å². The third-order valence-electron chi connectivity index (χ3n) is 2.57. The van der Waals surface area contributed by atoms with E-state index in [-0.39, 0.29) is 12.5 Å². The van der Waals surface area contributed by atoms with E-state index in [4.69, 9.17) is 0 Å². The van der Waals surface area contributed by atoms with Crippen LogP contribution in [-0.2, 0) is 4.79 Å². The van der Waals surface area contributed by atoms with Crippen molar-refractivity contribution in [3.05, 3.63) is 23.9 Å². The first-order valence-electron chi connectivity index (χ1n) is 5.68. The summed E-state index contributed by atoms with van der Waals surface area (Å²) in [4.78, 5) is 17.4. The van der Waals surface area contributed by atoms with Crippen molar-refractivity contribution in [2.45, 2.75) is 20.0 Å². The topological polar surface area (TPSA) is 65.5 Å². The van der Waals surface area contributed by atoms with Crippen molar-refractivity contribution in [1.29, 1.82) is 0 Å². The first-order valence-corrected chi connectivity index (χ1v) is 5.68. The molecule has 1 amide bonds. The van der Waals surface area contributed by atoms with Gasteiger partial charge in [0.2, 0.25) is 5.91 Å². The summed E-state index contributed by atoms with van der Waals surface area (Å²) in [6, 6.07) is 3.63. The lowest BCUT2D eigenvalue weighted by Gasteiger charge is -2.21. The molecular formula is C12H19N3O2. The molecule has 0 saturated heterocycles. The van der Waals surface area contributed by atoms with Crippen LogP contribution in [0.2, 0.25) is 0 Å². The Labute approximate surface area is 101 Å². The van der Waals surface area contributed by atoms with Crippen molar-refractivity contribution in [3.63, 3.8) is 0 Å². The summed E-state index contributed by atoms with van der Waals surface area (Å²) in [6.07, 6.45) is 1.11. The maximum atomic E-state index is 11.3. The van der Waals surface area contributed by atoms with E-state index in [2.05, 4.69) is 10.3 Å². The van der Waals surface area contributed by atoms with E-state index in [1.807, 2.05) is 24.0 Å². The SMILES string of the molecule is CCN(CC(=O)NC)c1ccc([C@H](C)O)cn1. The van der Waals surface area contributed by atoms with Gasteiger partial charge < -0.3 is 15.3 Å². The van der Waals surface area contributed by atoms with Crippen molar-refractivity contribution >= 4 is 11.7 Å². The van der Waals surface area contributed by atoms with Crippen LogP contribution in [0, 0.1) is 0 Å². The summed E-state index contributed by atoms with van der Waals surface area (Å²) in [5.74, 6) is 0.689. The molecular weight excluding hydrogens is 218 g/mol. The van der Waals surface area contributed by atoms with E-state index >= 15 is 0 Å². The number of carbonyl (C=O) groups is 1. The Bertz CT molecular complexity index is 363. The quantitative estimate of drug-likeness (QED) is 0.791. The van der Waals surface area contributed by atoms with Gasteiger partial charge in [0.1, 0.15) is 5.82 Å². The summed E-state index contributed by atoms with van der Waals surface area (Å²) < 4.78 is 0. The maximum absolute atomic E-state index is 11.3. The number of likely N-dealkylation sites (N-methyl/N-ethyl adjacent to an activating group) is 2. The van der Waals surface area contributed by atoms with Gasteiger partial charge in [-0.3, -0.25) is 4.79 Å². The fraction of sp³-hybridized carbons (Fsp3) is 0.500. The monoisotopic (exact) mass is 237 g/mol.